The topological polar surface area (TPSA) is 67.2 Å². The summed E-state index contributed by atoms with van der Waals surface area (Å²) in [6, 6.07) is 10.00. The van der Waals surface area contributed by atoms with Gasteiger partial charge in [-0.15, -0.1) is 0 Å². The van der Waals surface area contributed by atoms with Crippen molar-refractivity contribution < 1.29 is 18.4 Å². The summed E-state index contributed by atoms with van der Waals surface area (Å²) in [5.41, 5.74) is 0.330. The van der Waals surface area contributed by atoms with Crippen molar-refractivity contribution in [1.29, 1.82) is 0 Å². The maximum Gasteiger partial charge on any atom is 0.325 e. The van der Waals surface area contributed by atoms with Crippen LogP contribution in [0.15, 0.2) is 42.5 Å². The predicted octanol–water partition coefficient (Wildman–Crippen LogP) is 2.82. The Kier molecular flexibility index (Phi) is 3.73. The number of rotatable bonds is 3. The predicted molar refractivity (Wildman–Crippen MR) is 93.5 cm³/mol. The molecule has 1 aliphatic rings. The number of hydrogen-bond acceptors (Lipinski definition) is 3. The lowest BCUT2D eigenvalue weighted by molar-refractivity contribution is -0.131. The highest BCUT2D eigenvalue weighted by Crippen LogP contribution is 2.31. The number of nitrogens with one attached hydrogen (secondary N) is 1. The van der Waals surface area contributed by atoms with Crippen LogP contribution in [0.5, 0.6) is 0 Å². The molecule has 1 fully saturated rings. The van der Waals surface area contributed by atoms with Gasteiger partial charge in [0.15, 0.2) is 11.6 Å². The lowest BCUT2D eigenvalue weighted by atomic mass is 9.92. The molecule has 1 aromatic heterocycles. The summed E-state index contributed by atoms with van der Waals surface area (Å²) in [7, 11) is 1.80. The summed E-state index contributed by atoms with van der Waals surface area (Å²) in [5, 5.41) is 2.58. The first-order valence-corrected chi connectivity index (χ1v) is 8.31. The van der Waals surface area contributed by atoms with E-state index in [0.29, 0.717) is 5.82 Å². The number of imidazole rings is 1. The molecular weight excluding hydrogens is 354 g/mol. The van der Waals surface area contributed by atoms with Crippen molar-refractivity contribution in [2.75, 3.05) is 0 Å². The summed E-state index contributed by atoms with van der Waals surface area (Å²) >= 11 is 0. The first-order valence-electron chi connectivity index (χ1n) is 8.31. The van der Waals surface area contributed by atoms with Gasteiger partial charge in [-0.2, -0.15) is 0 Å². The third kappa shape index (κ3) is 2.56. The van der Waals surface area contributed by atoms with E-state index < -0.39 is 29.1 Å². The molecule has 0 radical (unpaired) electrons. The van der Waals surface area contributed by atoms with Crippen molar-refractivity contribution in [3.8, 4) is 0 Å². The fraction of sp³-hybridized carbons (Fsp3) is 0.211. The van der Waals surface area contributed by atoms with Crippen LogP contribution in [0.4, 0.5) is 13.6 Å². The smallest absolute Gasteiger partial charge is 0.325 e. The lowest BCUT2D eigenvalue weighted by Gasteiger charge is -2.22. The molecule has 138 valence electrons. The van der Waals surface area contributed by atoms with Crippen LogP contribution in [0.25, 0.3) is 11.0 Å². The highest BCUT2D eigenvalue weighted by atomic mass is 19.2. The summed E-state index contributed by atoms with van der Waals surface area (Å²) in [6.45, 7) is 1.43. The minimum absolute atomic E-state index is 0.0326. The molecular formula is C19H16F2N4O2. The molecule has 1 saturated heterocycles. The third-order valence-electron chi connectivity index (χ3n) is 4.95. The van der Waals surface area contributed by atoms with Crippen LogP contribution in [0, 0.1) is 11.6 Å². The Balaban J connectivity index is 1.68. The van der Waals surface area contributed by atoms with Crippen LogP contribution >= 0.6 is 0 Å². The van der Waals surface area contributed by atoms with Crippen LogP contribution in [0.1, 0.15) is 18.3 Å². The molecule has 2 aromatic carbocycles. The number of carbonyl (C=O) groups excluding carboxylic acids is 2. The van der Waals surface area contributed by atoms with Gasteiger partial charge in [-0.3, -0.25) is 9.69 Å². The molecule has 0 unspecified atom stereocenters. The monoisotopic (exact) mass is 370 g/mol. The van der Waals surface area contributed by atoms with E-state index in [1.165, 1.54) is 13.0 Å². The number of nitrogens with zero attached hydrogens (tertiary/aromatic N) is 3. The molecule has 0 spiro atoms. The first-order chi connectivity index (χ1) is 12.8. The zero-order chi connectivity index (χ0) is 19.3. The Hall–Kier alpha value is -3.29. The van der Waals surface area contributed by atoms with E-state index in [4.69, 9.17) is 0 Å². The zero-order valence-electron chi connectivity index (χ0n) is 14.7. The summed E-state index contributed by atoms with van der Waals surface area (Å²) in [6.07, 6.45) is 0. The fourth-order valence-electron chi connectivity index (χ4n) is 3.32. The van der Waals surface area contributed by atoms with Crippen molar-refractivity contribution >= 4 is 23.0 Å². The van der Waals surface area contributed by atoms with E-state index in [0.717, 1.165) is 28.1 Å². The van der Waals surface area contributed by atoms with Gasteiger partial charge in [-0.05, 0) is 36.8 Å². The minimum atomic E-state index is -1.48. The third-order valence-corrected chi connectivity index (χ3v) is 4.95. The second kappa shape index (κ2) is 5.87. The number of benzene rings is 2. The van der Waals surface area contributed by atoms with E-state index in [-0.39, 0.29) is 12.1 Å². The summed E-state index contributed by atoms with van der Waals surface area (Å²) in [5.74, 6) is -2.11. The molecule has 6 nitrogen and oxygen atoms in total. The normalized spacial score (nSPS) is 19.8. The SMILES string of the molecule is Cn1c(CN2C(=O)N[C@@](C)(c3ccc(F)c(F)c3)C2=O)nc2ccccc21. The summed E-state index contributed by atoms with van der Waals surface area (Å²) in [4.78, 5) is 30.9. The average Bonchev–Trinajstić information content (AvgIpc) is 3.07. The summed E-state index contributed by atoms with van der Waals surface area (Å²) < 4.78 is 28.7. The van der Waals surface area contributed by atoms with Crippen molar-refractivity contribution in [2.45, 2.75) is 19.0 Å². The van der Waals surface area contributed by atoms with Gasteiger partial charge in [0.1, 0.15) is 11.4 Å². The van der Waals surface area contributed by atoms with Crippen molar-refractivity contribution in [2.24, 2.45) is 7.05 Å². The van der Waals surface area contributed by atoms with Gasteiger partial charge in [-0.1, -0.05) is 18.2 Å². The van der Waals surface area contributed by atoms with E-state index in [2.05, 4.69) is 10.3 Å². The van der Waals surface area contributed by atoms with E-state index >= 15 is 0 Å². The molecule has 0 saturated carbocycles. The minimum Gasteiger partial charge on any atom is -0.330 e. The van der Waals surface area contributed by atoms with Gasteiger partial charge in [0.25, 0.3) is 5.91 Å². The number of amides is 3. The van der Waals surface area contributed by atoms with Crippen molar-refractivity contribution in [3.63, 3.8) is 0 Å². The Morgan fingerprint density at radius 1 is 1.11 bits per heavy atom. The molecule has 1 aliphatic heterocycles. The van der Waals surface area contributed by atoms with E-state index in [1.807, 2.05) is 28.8 Å². The quantitative estimate of drug-likeness (QED) is 0.721. The highest BCUT2D eigenvalue weighted by molar-refractivity contribution is 6.07. The molecule has 4 rings (SSSR count). The number of fused-ring (bicyclic) bond motifs is 1. The number of aryl methyl sites for hydroxylation is 1. The number of hydrogen-bond donors (Lipinski definition) is 1. The van der Waals surface area contributed by atoms with Gasteiger partial charge < -0.3 is 9.88 Å². The standard InChI is InChI=1S/C19H16F2N4O2/c1-19(11-7-8-12(20)13(21)9-11)17(26)25(18(27)23-19)10-16-22-14-5-3-4-6-15(14)24(16)2/h3-9H,10H2,1-2H3,(H,23,27)/t19-/m0/s1. The average molecular weight is 370 g/mol. The van der Waals surface area contributed by atoms with Gasteiger partial charge >= 0.3 is 6.03 Å². The largest absolute Gasteiger partial charge is 0.330 e. The maximum atomic E-state index is 13.6. The Labute approximate surface area is 153 Å². The highest BCUT2D eigenvalue weighted by Gasteiger charge is 2.49. The zero-order valence-corrected chi connectivity index (χ0v) is 14.7. The molecule has 1 atom stereocenters. The van der Waals surface area contributed by atoms with E-state index in [1.54, 1.807) is 7.05 Å². The Morgan fingerprint density at radius 3 is 2.56 bits per heavy atom. The second-order valence-corrected chi connectivity index (χ2v) is 6.65. The van der Waals surface area contributed by atoms with Crippen LogP contribution in [-0.2, 0) is 23.9 Å². The Bertz CT molecular complexity index is 1090. The van der Waals surface area contributed by atoms with Gasteiger partial charge in [0.05, 0.1) is 17.6 Å². The molecule has 0 bridgehead atoms. The number of carbonyl (C=O) groups is 2. The number of aromatic nitrogens is 2. The first kappa shape index (κ1) is 17.1. The van der Waals surface area contributed by atoms with Crippen LogP contribution < -0.4 is 5.32 Å². The maximum absolute atomic E-state index is 13.6. The van der Waals surface area contributed by atoms with Gasteiger partial charge in [0.2, 0.25) is 0 Å². The molecule has 27 heavy (non-hydrogen) atoms. The molecule has 3 aromatic rings. The number of halogens is 2. The van der Waals surface area contributed by atoms with Gasteiger partial charge in [-0.25, -0.2) is 18.6 Å². The van der Waals surface area contributed by atoms with Crippen molar-refractivity contribution in [3.05, 3.63) is 65.5 Å². The number of urea groups is 1. The molecule has 1 N–H and O–H groups in total. The molecule has 0 aliphatic carbocycles. The van der Waals surface area contributed by atoms with Crippen molar-refractivity contribution in [1.82, 2.24) is 19.8 Å². The van der Waals surface area contributed by atoms with Crippen LogP contribution in [0.3, 0.4) is 0 Å². The number of para-hydroxylation sites is 2. The molecule has 8 heteroatoms. The lowest BCUT2D eigenvalue weighted by Crippen LogP contribution is -2.41. The Morgan fingerprint density at radius 2 is 1.85 bits per heavy atom. The van der Waals surface area contributed by atoms with E-state index in [9.17, 15) is 18.4 Å². The van der Waals surface area contributed by atoms with Crippen LogP contribution in [-0.4, -0.2) is 26.4 Å². The van der Waals surface area contributed by atoms with Gasteiger partial charge in [0, 0.05) is 7.05 Å². The molecule has 3 amide bonds. The fourth-order valence-corrected chi connectivity index (χ4v) is 3.32. The molecule has 2 heterocycles. The van der Waals surface area contributed by atoms with Crippen LogP contribution in [0.2, 0.25) is 0 Å². The second-order valence-electron chi connectivity index (χ2n) is 6.65. The number of imide groups is 1.